The molecule has 0 unspecified atom stereocenters. The largest absolute Gasteiger partial charge is 0.359 e. The maximum absolute atomic E-state index is 4.37. The first-order chi connectivity index (χ1) is 9.34. The Morgan fingerprint density at radius 3 is 2.95 bits per heavy atom. The van der Waals surface area contributed by atoms with Gasteiger partial charge < -0.3 is 9.88 Å². The molecule has 0 saturated carbocycles. The molecule has 0 amide bonds. The average Bonchev–Trinajstić information content (AvgIpc) is 2.94. The average molecular weight is 253 g/mol. The second-order valence-corrected chi connectivity index (χ2v) is 4.43. The van der Waals surface area contributed by atoms with Gasteiger partial charge >= 0.3 is 0 Å². The third-order valence-corrected chi connectivity index (χ3v) is 3.12. The van der Waals surface area contributed by atoms with Gasteiger partial charge in [-0.1, -0.05) is 6.07 Å². The third-order valence-electron chi connectivity index (χ3n) is 3.12. The lowest BCUT2D eigenvalue weighted by Crippen LogP contribution is -2.22. The van der Waals surface area contributed by atoms with Crippen LogP contribution in [0.4, 0.5) is 5.82 Å². The van der Waals surface area contributed by atoms with E-state index < -0.39 is 0 Å². The van der Waals surface area contributed by atoms with Crippen LogP contribution in [-0.4, -0.2) is 33.5 Å². The Morgan fingerprint density at radius 1 is 1.16 bits per heavy atom. The molecule has 3 heterocycles. The maximum atomic E-state index is 4.37. The van der Waals surface area contributed by atoms with Crippen molar-refractivity contribution >= 4 is 16.9 Å². The summed E-state index contributed by atoms with van der Waals surface area (Å²) in [6.45, 7) is 0.869. The Labute approximate surface area is 111 Å². The molecule has 0 aromatic carbocycles. The van der Waals surface area contributed by atoms with Gasteiger partial charge in [-0.05, 0) is 18.2 Å². The highest BCUT2D eigenvalue weighted by Crippen LogP contribution is 2.20. The number of pyridine rings is 1. The van der Waals surface area contributed by atoms with Gasteiger partial charge in [0.1, 0.15) is 17.8 Å². The number of nitrogens with one attached hydrogen (secondary N) is 1. The first-order valence-electron chi connectivity index (χ1n) is 6.24. The lowest BCUT2D eigenvalue weighted by atomic mass is 10.2. The van der Waals surface area contributed by atoms with Crippen molar-refractivity contribution in [3.05, 3.63) is 48.7 Å². The van der Waals surface area contributed by atoms with Crippen LogP contribution >= 0.6 is 0 Å². The fourth-order valence-corrected chi connectivity index (χ4v) is 2.10. The smallest absolute Gasteiger partial charge is 0.142 e. The molecule has 3 aromatic rings. The van der Waals surface area contributed by atoms with E-state index in [2.05, 4.69) is 24.8 Å². The van der Waals surface area contributed by atoms with Gasteiger partial charge in [0.15, 0.2) is 0 Å². The number of hydrogen-bond donors (Lipinski definition) is 1. The minimum atomic E-state index is 0.869. The van der Waals surface area contributed by atoms with Crippen molar-refractivity contribution in [1.29, 1.82) is 0 Å². The van der Waals surface area contributed by atoms with Crippen molar-refractivity contribution < 1.29 is 0 Å². The topological polar surface area (TPSA) is 57.7 Å². The van der Waals surface area contributed by atoms with E-state index in [1.807, 2.05) is 43.7 Å². The summed E-state index contributed by atoms with van der Waals surface area (Å²) >= 11 is 0. The number of likely N-dealkylation sites (N-methyl/N-ethyl adjacent to an activating group) is 1. The molecule has 0 fully saturated rings. The van der Waals surface area contributed by atoms with E-state index in [4.69, 9.17) is 0 Å². The molecular formula is C14H15N5. The van der Waals surface area contributed by atoms with Crippen molar-refractivity contribution in [1.82, 2.24) is 19.9 Å². The molecular weight excluding hydrogens is 238 g/mol. The van der Waals surface area contributed by atoms with E-state index in [1.165, 1.54) is 0 Å². The monoisotopic (exact) mass is 253 g/mol. The number of H-pyrrole nitrogens is 1. The highest BCUT2D eigenvalue weighted by atomic mass is 15.2. The summed E-state index contributed by atoms with van der Waals surface area (Å²) in [5.74, 6) is 0.946. The van der Waals surface area contributed by atoms with E-state index in [9.17, 15) is 0 Å². The van der Waals surface area contributed by atoms with Crippen molar-refractivity contribution in [3.8, 4) is 0 Å². The van der Waals surface area contributed by atoms with E-state index in [-0.39, 0.29) is 0 Å². The van der Waals surface area contributed by atoms with Gasteiger partial charge in [-0.25, -0.2) is 9.97 Å². The van der Waals surface area contributed by atoms with Crippen molar-refractivity contribution in [2.75, 3.05) is 18.5 Å². The Balaban J connectivity index is 1.77. The summed E-state index contributed by atoms with van der Waals surface area (Å²) in [4.78, 5) is 18.1. The molecule has 0 aliphatic heterocycles. The zero-order chi connectivity index (χ0) is 13.1. The summed E-state index contributed by atoms with van der Waals surface area (Å²) in [5.41, 5.74) is 1.96. The lowest BCUT2D eigenvalue weighted by molar-refractivity contribution is 0.841. The molecule has 0 saturated heterocycles. The van der Waals surface area contributed by atoms with Gasteiger partial charge in [0, 0.05) is 38.1 Å². The Morgan fingerprint density at radius 2 is 2.11 bits per heavy atom. The Kier molecular flexibility index (Phi) is 3.10. The molecule has 0 aliphatic carbocycles. The van der Waals surface area contributed by atoms with Gasteiger partial charge in [-0.2, -0.15) is 0 Å². The van der Waals surface area contributed by atoms with Gasteiger partial charge in [0.05, 0.1) is 5.39 Å². The number of hydrogen-bond acceptors (Lipinski definition) is 4. The summed E-state index contributed by atoms with van der Waals surface area (Å²) in [6.07, 6.45) is 6.19. The normalized spacial score (nSPS) is 10.8. The molecule has 0 atom stereocenters. The molecule has 0 aliphatic rings. The van der Waals surface area contributed by atoms with Crippen LogP contribution in [0.15, 0.2) is 43.0 Å². The zero-order valence-corrected chi connectivity index (χ0v) is 10.7. The molecule has 0 radical (unpaired) electrons. The summed E-state index contributed by atoms with van der Waals surface area (Å²) in [7, 11) is 2.04. The lowest BCUT2D eigenvalue weighted by Gasteiger charge is -2.18. The van der Waals surface area contributed by atoms with E-state index in [1.54, 1.807) is 6.33 Å². The zero-order valence-electron chi connectivity index (χ0n) is 10.7. The van der Waals surface area contributed by atoms with Crippen LogP contribution < -0.4 is 4.90 Å². The van der Waals surface area contributed by atoms with Crippen LogP contribution in [0, 0.1) is 0 Å². The molecule has 0 spiro atoms. The number of aromatic amines is 1. The number of fused-ring (bicyclic) bond motifs is 1. The van der Waals surface area contributed by atoms with Crippen molar-refractivity contribution in [2.45, 2.75) is 6.42 Å². The van der Waals surface area contributed by atoms with Gasteiger partial charge in [-0.15, -0.1) is 0 Å². The van der Waals surface area contributed by atoms with Gasteiger partial charge in [-0.3, -0.25) is 4.98 Å². The molecule has 5 nitrogen and oxygen atoms in total. The van der Waals surface area contributed by atoms with Crippen LogP contribution in [0.5, 0.6) is 0 Å². The molecule has 3 aromatic heterocycles. The van der Waals surface area contributed by atoms with Crippen LogP contribution in [0.25, 0.3) is 11.0 Å². The number of rotatable bonds is 4. The fourth-order valence-electron chi connectivity index (χ4n) is 2.10. The summed E-state index contributed by atoms with van der Waals surface area (Å²) in [5, 5.41) is 1.05. The van der Waals surface area contributed by atoms with Gasteiger partial charge in [0.25, 0.3) is 0 Å². The predicted molar refractivity (Wildman–Crippen MR) is 75.1 cm³/mol. The first-order valence-corrected chi connectivity index (χ1v) is 6.24. The number of anilines is 1. The van der Waals surface area contributed by atoms with Crippen LogP contribution in [0.1, 0.15) is 5.69 Å². The quantitative estimate of drug-likeness (QED) is 0.773. The second-order valence-electron chi connectivity index (χ2n) is 4.43. The van der Waals surface area contributed by atoms with Crippen LogP contribution in [0.3, 0.4) is 0 Å². The highest BCUT2D eigenvalue weighted by Gasteiger charge is 2.09. The number of nitrogens with zero attached hydrogens (tertiary/aromatic N) is 4. The van der Waals surface area contributed by atoms with Crippen LogP contribution in [-0.2, 0) is 6.42 Å². The minimum absolute atomic E-state index is 0.869. The molecule has 5 heteroatoms. The number of aromatic nitrogens is 4. The fraction of sp³-hybridized carbons (Fsp3) is 0.214. The summed E-state index contributed by atoms with van der Waals surface area (Å²) in [6, 6.07) is 7.99. The van der Waals surface area contributed by atoms with Crippen molar-refractivity contribution in [2.24, 2.45) is 0 Å². The predicted octanol–water partition coefficient (Wildman–Crippen LogP) is 2.03. The molecule has 96 valence electrons. The van der Waals surface area contributed by atoms with E-state index in [0.29, 0.717) is 0 Å². The van der Waals surface area contributed by atoms with Crippen molar-refractivity contribution in [3.63, 3.8) is 0 Å². The molecule has 19 heavy (non-hydrogen) atoms. The third kappa shape index (κ3) is 2.40. The SMILES string of the molecule is CN(CCc1ccccn1)c1ncnc2[nH]ccc12. The molecule has 3 rings (SSSR count). The standard InChI is InChI=1S/C14H15N5/c1-19(9-6-11-4-2-3-7-15-11)14-12-5-8-16-13(12)17-10-18-14/h2-5,7-8,10H,6,9H2,1H3,(H,16,17,18). The maximum Gasteiger partial charge on any atom is 0.142 e. The molecule has 0 bridgehead atoms. The Bertz CT molecular complexity index is 662. The van der Waals surface area contributed by atoms with Gasteiger partial charge in [0.2, 0.25) is 0 Å². The van der Waals surface area contributed by atoms with Crippen LogP contribution in [0.2, 0.25) is 0 Å². The first kappa shape index (κ1) is 11.6. The summed E-state index contributed by atoms with van der Waals surface area (Å²) < 4.78 is 0. The Hall–Kier alpha value is -2.43. The second kappa shape index (κ2) is 5.06. The minimum Gasteiger partial charge on any atom is -0.359 e. The highest BCUT2D eigenvalue weighted by molar-refractivity contribution is 5.87. The van der Waals surface area contributed by atoms with E-state index in [0.717, 1.165) is 35.5 Å². The van der Waals surface area contributed by atoms with E-state index >= 15 is 0 Å². The molecule has 1 N–H and O–H groups in total.